The number of alkyl halides is 3. The summed E-state index contributed by atoms with van der Waals surface area (Å²) in [4.78, 5) is 11.7. The molecule has 3 aromatic rings. The number of thiophene rings is 1. The monoisotopic (exact) mass is 568 g/mol. The summed E-state index contributed by atoms with van der Waals surface area (Å²) in [5, 5.41) is 0.864. The topological polar surface area (TPSA) is 75.7 Å². The van der Waals surface area contributed by atoms with Gasteiger partial charge in [-0.25, -0.2) is 8.70 Å². The van der Waals surface area contributed by atoms with E-state index in [-0.39, 0.29) is 17.2 Å². The van der Waals surface area contributed by atoms with Gasteiger partial charge in [0.2, 0.25) is 0 Å². The van der Waals surface area contributed by atoms with Crippen LogP contribution in [0.4, 0.5) is 22.6 Å². The molecule has 13 heteroatoms. The lowest BCUT2D eigenvalue weighted by Crippen LogP contribution is -2.42. The summed E-state index contributed by atoms with van der Waals surface area (Å²) < 4.78 is 88.2. The van der Waals surface area contributed by atoms with Crippen molar-refractivity contribution in [3.05, 3.63) is 63.9 Å². The van der Waals surface area contributed by atoms with E-state index in [1.807, 2.05) is 0 Å². The highest BCUT2D eigenvalue weighted by atomic mass is 79.9. The molecule has 2 aromatic carbocycles. The second kappa shape index (κ2) is 9.95. The Kier molecular flexibility index (Phi) is 7.66. The molecule has 6 nitrogen and oxygen atoms in total. The molecule has 0 saturated carbocycles. The van der Waals surface area contributed by atoms with Gasteiger partial charge in [0.05, 0.1) is 23.2 Å². The van der Waals surface area contributed by atoms with Crippen molar-refractivity contribution in [3.63, 3.8) is 0 Å². The molecule has 1 aromatic heterocycles. The summed E-state index contributed by atoms with van der Waals surface area (Å²) in [6.45, 7) is 0.376. The van der Waals surface area contributed by atoms with Crippen LogP contribution in [0, 0.1) is 5.82 Å². The number of benzene rings is 2. The molecule has 0 radical (unpaired) electrons. The maximum atomic E-state index is 13.7. The first-order valence-electron chi connectivity index (χ1n) is 9.39. The number of carbonyl (C=O) groups excluding carboxylic acids is 1. The van der Waals surface area contributed by atoms with Crippen LogP contribution in [0.2, 0.25) is 0 Å². The molecule has 0 aliphatic heterocycles. The Bertz CT molecular complexity index is 1280. The van der Waals surface area contributed by atoms with Gasteiger partial charge in [0.25, 0.3) is 0 Å². The lowest BCUT2D eigenvalue weighted by atomic mass is 10.1. The zero-order valence-corrected chi connectivity index (χ0v) is 20.2. The maximum Gasteiger partial charge on any atom is 0.419 e. The van der Waals surface area contributed by atoms with Crippen LogP contribution in [0.5, 0.6) is 0 Å². The van der Waals surface area contributed by atoms with E-state index in [1.165, 1.54) is 0 Å². The highest BCUT2D eigenvalue weighted by Crippen LogP contribution is 2.43. The van der Waals surface area contributed by atoms with Crippen LogP contribution >= 0.6 is 27.3 Å². The van der Waals surface area contributed by atoms with E-state index in [0.29, 0.717) is 22.0 Å². The quantitative estimate of drug-likeness (QED) is 0.298. The predicted molar refractivity (Wildman–Crippen MR) is 121 cm³/mol. The first kappa shape index (κ1) is 25.4. The number of anilines is 1. The standard InChI is InChI=1S/C20H17BrF4N2O4S2/c1-2-31-17(28)10-26-33(29,30)27(19-18(21)13-5-3-4-6-16(13)32-19)11-12-7-8-15(22)14(9-12)20(23,24)25/h3-9,26H,2,10-11H2,1H3. The van der Waals surface area contributed by atoms with Crippen LogP contribution in [-0.4, -0.2) is 27.5 Å². The van der Waals surface area contributed by atoms with Gasteiger partial charge >= 0.3 is 22.4 Å². The lowest BCUT2D eigenvalue weighted by molar-refractivity contribution is -0.142. The largest absolute Gasteiger partial charge is 0.465 e. The van der Waals surface area contributed by atoms with Gasteiger partial charge in [0, 0.05) is 10.1 Å². The molecule has 0 bridgehead atoms. The Morgan fingerprint density at radius 2 is 1.91 bits per heavy atom. The van der Waals surface area contributed by atoms with Crippen LogP contribution in [0.1, 0.15) is 18.1 Å². The normalized spacial score (nSPS) is 12.2. The van der Waals surface area contributed by atoms with Gasteiger partial charge in [0.1, 0.15) is 17.4 Å². The van der Waals surface area contributed by atoms with Crippen molar-refractivity contribution in [1.82, 2.24) is 4.72 Å². The molecular formula is C20H17BrF4N2O4S2. The van der Waals surface area contributed by atoms with Crippen molar-refractivity contribution in [1.29, 1.82) is 0 Å². The van der Waals surface area contributed by atoms with Gasteiger partial charge in [-0.05, 0) is 46.6 Å². The fourth-order valence-electron chi connectivity index (χ4n) is 2.92. The van der Waals surface area contributed by atoms with Crippen molar-refractivity contribution in [3.8, 4) is 0 Å². The second-order valence-electron chi connectivity index (χ2n) is 6.67. The molecule has 0 aliphatic rings. The van der Waals surface area contributed by atoms with Crippen LogP contribution in [0.15, 0.2) is 46.9 Å². The number of hydrogen-bond donors (Lipinski definition) is 1. The van der Waals surface area contributed by atoms with Crippen molar-refractivity contribution >= 4 is 58.5 Å². The molecule has 3 rings (SSSR count). The summed E-state index contributed by atoms with van der Waals surface area (Å²) in [7, 11) is -4.43. The van der Waals surface area contributed by atoms with E-state index >= 15 is 0 Å². The molecule has 178 valence electrons. The van der Waals surface area contributed by atoms with Crippen molar-refractivity contribution < 1.29 is 35.5 Å². The number of rotatable bonds is 8. The fraction of sp³-hybridized carbons (Fsp3) is 0.250. The first-order valence-corrected chi connectivity index (χ1v) is 12.4. The predicted octanol–water partition coefficient (Wildman–Crippen LogP) is 5.23. The smallest absolute Gasteiger partial charge is 0.419 e. The lowest BCUT2D eigenvalue weighted by Gasteiger charge is -2.24. The zero-order valence-electron chi connectivity index (χ0n) is 16.9. The Morgan fingerprint density at radius 1 is 1.21 bits per heavy atom. The molecule has 0 atom stereocenters. The molecule has 0 spiro atoms. The summed E-state index contributed by atoms with van der Waals surface area (Å²) in [5.41, 5.74) is -1.61. The third kappa shape index (κ3) is 5.83. The summed E-state index contributed by atoms with van der Waals surface area (Å²) in [6.07, 6.45) is -4.95. The maximum absolute atomic E-state index is 13.7. The summed E-state index contributed by atoms with van der Waals surface area (Å²) in [6, 6.07) is 9.26. The number of nitrogens with one attached hydrogen (secondary N) is 1. The number of hydrogen-bond acceptors (Lipinski definition) is 5. The minimum atomic E-state index is -4.95. The van der Waals surface area contributed by atoms with Crippen molar-refractivity contribution in [2.75, 3.05) is 17.5 Å². The van der Waals surface area contributed by atoms with Crippen LogP contribution in [0.25, 0.3) is 10.1 Å². The fourth-order valence-corrected chi connectivity index (χ4v) is 6.46. The van der Waals surface area contributed by atoms with Gasteiger partial charge in [-0.3, -0.25) is 4.79 Å². The highest BCUT2D eigenvalue weighted by molar-refractivity contribution is 9.10. The molecule has 0 unspecified atom stereocenters. The Balaban J connectivity index is 2.06. The Labute approximate surface area is 199 Å². The number of carbonyl (C=O) groups is 1. The van der Waals surface area contributed by atoms with Gasteiger partial charge in [-0.1, -0.05) is 24.3 Å². The molecule has 0 aliphatic carbocycles. The van der Waals surface area contributed by atoms with E-state index < -0.39 is 46.8 Å². The minimum absolute atomic E-state index is 0.0436. The SMILES string of the molecule is CCOC(=O)CNS(=O)(=O)N(Cc1ccc(F)c(C(F)(F)F)c1)c1sc2ccccc2c1Br. The molecule has 33 heavy (non-hydrogen) atoms. The van der Waals surface area contributed by atoms with E-state index in [9.17, 15) is 30.8 Å². The number of fused-ring (bicyclic) bond motifs is 1. The number of esters is 1. The average molecular weight is 569 g/mol. The molecular weight excluding hydrogens is 552 g/mol. The summed E-state index contributed by atoms with van der Waals surface area (Å²) >= 11 is 4.45. The van der Waals surface area contributed by atoms with Gasteiger partial charge in [-0.2, -0.15) is 26.3 Å². The molecule has 0 amide bonds. The second-order valence-corrected chi connectivity index (χ2v) is 10.2. The Morgan fingerprint density at radius 3 is 2.55 bits per heavy atom. The van der Waals surface area contributed by atoms with Gasteiger partial charge in [-0.15, -0.1) is 11.3 Å². The molecule has 1 heterocycles. The summed E-state index contributed by atoms with van der Waals surface area (Å²) in [5.74, 6) is -2.29. The van der Waals surface area contributed by atoms with Crippen LogP contribution in [0.3, 0.4) is 0 Å². The Hall–Kier alpha value is -2.22. The van der Waals surface area contributed by atoms with Crippen LogP contribution < -0.4 is 9.03 Å². The zero-order chi connectivity index (χ0) is 24.4. The third-order valence-electron chi connectivity index (χ3n) is 4.40. The highest BCUT2D eigenvalue weighted by Gasteiger charge is 2.35. The van der Waals surface area contributed by atoms with E-state index in [1.54, 1.807) is 31.2 Å². The molecule has 1 N–H and O–H groups in total. The number of nitrogens with zero attached hydrogens (tertiary/aromatic N) is 1. The number of halogens is 5. The van der Waals surface area contributed by atoms with E-state index in [2.05, 4.69) is 20.7 Å². The number of ether oxygens (including phenoxy) is 1. The van der Waals surface area contributed by atoms with Gasteiger partial charge < -0.3 is 4.74 Å². The van der Waals surface area contributed by atoms with Gasteiger partial charge in [0.15, 0.2) is 0 Å². The first-order chi connectivity index (χ1) is 15.4. The van der Waals surface area contributed by atoms with Crippen molar-refractivity contribution in [2.45, 2.75) is 19.6 Å². The van der Waals surface area contributed by atoms with E-state index in [4.69, 9.17) is 4.74 Å². The minimum Gasteiger partial charge on any atom is -0.465 e. The molecule has 0 saturated heterocycles. The van der Waals surface area contributed by atoms with E-state index in [0.717, 1.165) is 26.4 Å². The van der Waals surface area contributed by atoms with Crippen molar-refractivity contribution in [2.24, 2.45) is 0 Å². The van der Waals surface area contributed by atoms with Crippen LogP contribution in [-0.2, 0) is 32.5 Å². The third-order valence-corrected chi connectivity index (χ3v) is 8.18. The molecule has 0 fully saturated rings. The average Bonchev–Trinajstić information content (AvgIpc) is 3.07.